The van der Waals surface area contributed by atoms with Gasteiger partial charge in [-0.25, -0.2) is 0 Å². The molecule has 1 fully saturated rings. The summed E-state index contributed by atoms with van der Waals surface area (Å²) in [6.07, 6.45) is 2.12. The molecule has 2 rings (SSSR count). The molecule has 0 spiro atoms. The van der Waals surface area contributed by atoms with Crippen molar-refractivity contribution in [1.29, 1.82) is 0 Å². The van der Waals surface area contributed by atoms with Crippen molar-refractivity contribution in [3.05, 3.63) is 29.3 Å². The molecule has 0 amide bonds. The van der Waals surface area contributed by atoms with Crippen LogP contribution in [0.4, 0.5) is 0 Å². The average Bonchev–Trinajstić information content (AvgIpc) is 2.43. The zero-order chi connectivity index (χ0) is 14.5. The number of likely N-dealkylation sites (N-methyl/N-ethyl adjacent to an activating group) is 1. The van der Waals surface area contributed by atoms with Crippen molar-refractivity contribution < 1.29 is 10.0 Å². The molecule has 4 nitrogen and oxygen atoms in total. The van der Waals surface area contributed by atoms with Crippen molar-refractivity contribution >= 4 is 12.6 Å². The van der Waals surface area contributed by atoms with Gasteiger partial charge in [-0.3, -0.25) is 0 Å². The third-order valence-corrected chi connectivity index (χ3v) is 4.19. The van der Waals surface area contributed by atoms with Crippen LogP contribution < -0.4 is 5.46 Å². The van der Waals surface area contributed by atoms with Crippen molar-refractivity contribution in [2.24, 2.45) is 0 Å². The van der Waals surface area contributed by atoms with Gasteiger partial charge in [0.1, 0.15) is 0 Å². The summed E-state index contributed by atoms with van der Waals surface area (Å²) in [5.41, 5.74) is 3.04. The Morgan fingerprint density at radius 1 is 1.15 bits per heavy atom. The van der Waals surface area contributed by atoms with E-state index in [1.807, 2.05) is 12.1 Å². The number of nitrogens with zero attached hydrogens (tertiary/aromatic N) is 2. The highest BCUT2D eigenvalue weighted by Gasteiger charge is 2.14. The molecule has 0 bridgehead atoms. The Morgan fingerprint density at radius 2 is 1.85 bits per heavy atom. The van der Waals surface area contributed by atoms with Crippen molar-refractivity contribution in [3.63, 3.8) is 0 Å². The second kappa shape index (κ2) is 7.22. The molecule has 0 unspecified atom stereocenters. The maximum atomic E-state index is 9.24. The highest BCUT2D eigenvalue weighted by atomic mass is 16.4. The minimum Gasteiger partial charge on any atom is -0.423 e. The van der Waals surface area contributed by atoms with Gasteiger partial charge in [0, 0.05) is 26.2 Å². The Hall–Kier alpha value is -0.875. The van der Waals surface area contributed by atoms with Gasteiger partial charge in [0.15, 0.2) is 0 Å². The minimum atomic E-state index is -1.37. The number of aryl methyl sites for hydroxylation is 2. The first-order valence-corrected chi connectivity index (χ1v) is 7.43. The Balaban J connectivity index is 1.83. The fraction of sp³-hybridized carbons (Fsp3) is 0.600. The van der Waals surface area contributed by atoms with Gasteiger partial charge in [-0.05, 0) is 49.9 Å². The summed E-state index contributed by atoms with van der Waals surface area (Å²) < 4.78 is 0. The SMILES string of the molecule is Cc1ccc(B(O)O)cc1CCCN1CCN(C)CC1. The van der Waals surface area contributed by atoms with Crippen LogP contribution in [0.3, 0.4) is 0 Å². The van der Waals surface area contributed by atoms with E-state index >= 15 is 0 Å². The lowest BCUT2D eigenvalue weighted by molar-refractivity contribution is 0.153. The van der Waals surface area contributed by atoms with E-state index in [4.69, 9.17) is 0 Å². The number of benzene rings is 1. The first-order chi connectivity index (χ1) is 9.56. The quantitative estimate of drug-likeness (QED) is 0.735. The fourth-order valence-corrected chi connectivity index (χ4v) is 2.69. The van der Waals surface area contributed by atoms with Crippen LogP contribution in [0.15, 0.2) is 18.2 Å². The van der Waals surface area contributed by atoms with Gasteiger partial charge in [-0.15, -0.1) is 0 Å². The monoisotopic (exact) mass is 276 g/mol. The molecule has 0 radical (unpaired) electrons. The number of hydrogen-bond acceptors (Lipinski definition) is 4. The first-order valence-electron chi connectivity index (χ1n) is 7.43. The number of hydrogen-bond donors (Lipinski definition) is 2. The standard InChI is InChI=1S/C15H25BN2O2/c1-13-5-6-15(16(19)20)12-14(13)4-3-7-18-10-8-17(2)9-11-18/h5-6,12,19-20H,3-4,7-11H2,1-2H3. The summed E-state index contributed by atoms with van der Waals surface area (Å²) in [5.74, 6) is 0. The average molecular weight is 276 g/mol. The van der Waals surface area contributed by atoms with Crippen LogP contribution in [0.25, 0.3) is 0 Å². The van der Waals surface area contributed by atoms with Crippen LogP contribution in [0.1, 0.15) is 17.5 Å². The van der Waals surface area contributed by atoms with E-state index < -0.39 is 7.12 Å². The van der Waals surface area contributed by atoms with Crippen LogP contribution in [-0.2, 0) is 6.42 Å². The predicted octanol–water partition coefficient (Wildman–Crippen LogP) is -0.145. The molecule has 1 aromatic carbocycles. The summed E-state index contributed by atoms with van der Waals surface area (Å²) in [6.45, 7) is 7.84. The van der Waals surface area contributed by atoms with Crippen molar-refractivity contribution in [2.75, 3.05) is 39.8 Å². The van der Waals surface area contributed by atoms with E-state index in [1.165, 1.54) is 11.1 Å². The molecule has 0 atom stereocenters. The maximum absolute atomic E-state index is 9.24. The van der Waals surface area contributed by atoms with E-state index in [0.29, 0.717) is 5.46 Å². The topological polar surface area (TPSA) is 46.9 Å². The Morgan fingerprint density at radius 3 is 2.50 bits per heavy atom. The zero-order valence-corrected chi connectivity index (χ0v) is 12.5. The van der Waals surface area contributed by atoms with E-state index in [1.54, 1.807) is 6.07 Å². The van der Waals surface area contributed by atoms with Gasteiger partial charge in [-0.2, -0.15) is 0 Å². The molecule has 0 saturated carbocycles. The molecule has 2 N–H and O–H groups in total. The maximum Gasteiger partial charge on any atom is 0.488 e. The van der Waals surface area contributed by atoms with Gasteiger partial charge in [-0.1, -0.05) is 18.2 Å². The van der Waals surface area contributed by atoms with E-state index in [9.17, 15) is 10.0 Å². The number of piperazine rings is 1. The van der Waals surface area contributed by atoms with Crippen LogP contribution in [0.2, 0.25) is 0 Å². The van der Waals surface area contributed by atoms with Gasteiger partial charge in [0.2, 0.25) is 0 Å². The second-order valence-electron chi connectivity index (χ2n) is 5.81. The van der Waals surface area contributed by atoms with Crippen LogP contribution >= 0.6 is 0 Å². The molecule has 0 aromatic heterocycles. The van der Waals surface area contributed by atoms with Gasteiger partial charge < -0.3 is 19.8 Å². The Bertz CT molecular complexity index is 432. The summed E-state index contributed by atoms with van der Waals surface area (Å²) >= 11 is 0. The van der Waals surface area contributed by atoms with E-state index in [-0.39, 0.29) is 0 Å². The molecular formula is C15H25BN2O2. The van der Waals surface area contributed by atoms with Crippen LogP contribution in [-0.4, -0.2) is 66.7 Å². The minimum absolute atomic E-state index is 0.588. The summed E-state index contributed by atoms with van der Waals surface area (Å²) in [5, 5.41) is 18.5. The van der Waals surface area contributed by atoms with Crippen molar-refractivity contribution in [1.82, 2.24) is 9.80 Å². The van der Waals surface area contributed by atoms with Crippen molar-refractivity contribution in [3.8, 4) is 0 Å². The molecule has 1 heterocycles. The Labute approximate surface area is 122 Å². The lowest BCUT2D eigenvalue weighted by Crippen LogP contribution is -2.44. The van der Waals surface area contributed by atoms with Crippen molar-refractivity contribution in [2.45, 2.75) is 19.8 Å². The summed E-state index contributed by atoms with van der Waals surface area (Å²) in [6, 6.07) is 5.67. The zero-order valence-electron chi connectivity index (χ0n) is 12.5. The second-order valence-corrected chi connectivity index (χ2v) is 5.81. The molecule has 0 aliphatic carbocycles. The predicted molar refractivity (Wildman–Crippen MR) is 83.3 cm³/mol. The normalized spacial score (nSPS) is 17.4. The third kappa shape index (κ3) is 4.31. The lowest BCUT2D eigenvalue weighted by Gasteiger charge is -2.32. The number of rotatable bonds is 5. The summed E-state index contributed by atoms with van der Waals surface area (Å²) in [4.78, 5) is 4.88. The smallest absolute Gasteiger partial charge is 0.423 e. The van der Waals surface area contributed by atoms with Gasteiger partial charge >= 0.3 is 7.12 Å². The molecular weight excluding hydrogens is 251 g/mol. The lowest BCUT2D eigenvalue weighted by atomic mass is 9.78. The fourth-order valence-electron chi connectivity index (χ4n) is 2.69. The van der Waals surface area contributed by atoms with E-state index in [0.717, 1.165) is 45.6 Å². The molecule has 1 saturated heterocycles. The summed E-state index contributed by atoms with van der Waals surface area (Å²) in [7, 11) is 0.804. The van der Waals surface area contributed by atoms with E-state index in [2.05, 4.69) is 23.8 Å². The highest BCUT2D eigenvalue weighted by Crippen LogP contribution is 2.10. The molecule has 5 heteroatoms. The molecule has 20 heavy (non-hydrogen) atoms. The van der Waals surface area contributed by atoms with Gasteiger partial charge in [0.25, 0.3) is 0 Å². The molecule has 110 valence electrons. The third-order valence-electron chi connectivity index (χ3n) is 4.19. The highest BCUT2D eigenvalue weighted by molar-refractivity contribution is 6.58. The Kier molecular flexibility index (Phi) is 5.60. The largest absolute Gasteiger partial charge is 0.488 e. The van der Waals surface area contributed by atoms with Gasteiger partial charge in [0.05, 0.1) is 0 Å². The molecule has 1 aliphatic rings. The van der Waals surface area contributed by atoms with Crippen LogP contribution in [0, 0.1) is 6.92 Å². The molecule has 1 aliphatic heterocycles. The van der Waals surface area contributed by atoms with Crippen LogP contribution in [0.5, 0.6) is 0 Å². The molecule has 1 aromatic rings. The first kappa shape index (κ1) is 15.5.